The number of hydrogen-bond donors (Lipinski definition) is 0. The summed E-state index contributed by atoms with van der Waals surface area (Å²) >= 11 is 6.38. The van der Waals surface area contributed by atoms with Gasteiger partial charge in [-0.25, -0.2) is 4.98 Å². The summed E-state index contributed by atoms with van der Waals surface area (Å²) in [7, 11) is 1.74. The molecule has 1 aromatic carbocycles. The van der Waals surface area contributed by atoms with Crippen molar-refractivity contribution in [2.75, 3.05) is 0 Å². The average molecular weight is 328 g/mol. The highest BCUT2D eigenvalue weighted by Crippen LogP contribution is 2.29. The minimum atomic E-state index is -0.00550. The lowest BCUT2D eigenvalue weighted by molar-refractivity contribution is 0.645. The molecule has 0 radical (unpaired) electrons. The highest BCUT2D eigenvalue weighted by molar-refractivity contribution is 6.29. The van der Waals surface area contributed by atoms with Crippen molar-refractivity contribution in [2.45, 2.75) is 19.9 Å². The van der Waals surface area contributed by atoms with E-state index in [2.05, 4.69) is 24.0 Å². The Balaban J connectivity index is 2.15. The first kappa shape index (κ1) is 15.6. The quantitative estimate of drug-likeness (QED) is 0.733. The van der Waals surface area contributed by atoms with Crippen molar-refractivity contribution in [2.24, 2.45) is 7.05 Å². The molecule has 0 saturated carbocycles. The molecule has 0 aliphatic rings. The molecule has 2 aromatic heterocycles. The van der Waals surface area contributed by atoms with E-state index in [-0.39, 0.29) is 11.6 Å². The van der Waals surface area contributed by atoms with E-state index >= 15 is 0 Å². The van der Waals surface area contributed by atoms with E-state index in [0.29, 0.717) is 10.7 Å². The second-order valence-electron chi connectivity index (χ2n) is 5.69. The van der Waals surface area contributed by atoms with E-state index in [1.54, 1.807) is 30.9 Å². The normalized spacial score (nSPS) is 12.3. The second-order valence-corrected chi connectivity index (χ2v) is 6.08. The van der Waals surface area contributed by atoms with Gasteiger partial charge in [0.2, 0.25) is 0 Å². The zero-order valence-corrected chi connectivity index (χ0v) is 14.1. The predicted octanol–water partition coefficient (Wildman–Crippen LogP) is 3.82. The van der Waals surface area contributed by atoms with Crippen molar-refractivity contribution in [1.82, 2.24) is 14.1 Å². The molecule has 3 aromatic rings. The van der Waals surface area contributed by atoms with Crippen LogP contribution in [-0.4, -0.2) is 14.1 Å². The van der Waals surface area contributed by atoms with Gasteiger partial charge in [0, 0.05) is 24.4 Å². The smallest absolute Gasteiger partial charge is 0.253 e. The van der Waals surface area contributed by atoms with Crippen molar-refractivity contribution >= 4 is 11.6 Å². The van der Waals surface area contributed by atoms with Gasteiger partial charge in [0.1, 0.15) is 11.0 Å². The highest BCUT2D eigenvalue weighted by Gasteiger charge is 2.18. The number of benzene rings is 1. The van der Waals surface area contributed by atoms with Gasteiger partial charge in [-0.1, -0.05) is 41.9 Å². The molecule has 0 N–H and O–H groups in total. The van der Waals surface area contributed by atoms with Gasteiger partial charge >= 0.3 is 0 Å². The SMILES string of the molecule is Cc1cc(-c2ncc(Cl)n2C(C)c2ccccc2)cn(C)c1=O. The number of pyridine rings is 1. The zero-order chi connectivity index (χ0) is 16.6. The molecule has 1 unspecified atom stereocenters. The third-order valence-electron chi connectivity index (χ3n) is 4.04. The van der Waals surface area contributed by atoms with Crippen LogP contribution in [0.5, 0.6) is 0 Å². The topological polar surface area (TPSA) is 39.8 Å². The molecular formula is C18H18ClN3O. The lowest BCUT2D eigenvalue weighted by atomic mass is 10.1. The van der Waals surface area contributed by atoms with E-state index in [1.165, 1.54) is 0 Å². The fraction of sp³-hybridized carbons (Fsp3) is 0.222. The van der Waals surface area contributed by atoms with Crippen molar-refractivity contribution in [3.8, 4) is 11.4 Å². The van der Waals surface area contributed by atoms with Crippen LogP contribution in [-0.2, 0) is 7.05 Å². The minimum Gasteiger partial charge on any atom is -0.318 e. The number of rotatable bonds is 3. The van der Waals surface area contributed by atoms with Crippen molar-refractivity contribution in [3.05, 3.63) is 75.4 Å². The van der Waals surface area contributed by atoms with Crippen LogP contribution < -0.4 is 5.56 Å². The van der Waals surface area contributed by atoms with Crippen molar-refractivity contribution < 1.29 is 0 Å². The molecule has 1 atom stereocenters. The number of aryl methyl sites for hydroxylation is 2. The molecule has 0 bridgehead atoms. The number of halogens is 1. The number of aromatic nitrogens is 3. The molecule has 0 spiro atoms. The van der Waals surface area contributed by atoms with E-state index in [0.717, 1.165) is 17.0 Å². The summed E-state index contributed by atoms with van der Waals surface area (Å²) in [5.74, 6) is 0.755. The Morgan fingerprint density at radius 2 is 1.91 bits per heavy atom. The van der Waals surface area contributed by atoms with Gasteiger partial charge in [0.15, 0.2) is 0 Å². The standard InChI is InChI=1S/C18H18ClN3O/c1-12-9-15(11-21(3)18(12)23)17-20-10-16(19)22(17)13(2)14-7-5-4-6-8-14/h4-11,13H,1-3H3. The van der Waals surface area contributed by atoms with Gasteiger partial charge in [-0.15, -0.1) is 0 Å². The molecular weight excluding hydrogens is 310 g/mol. The fourth-order valence-electron chi connectivity index (χ4n) is 2.80. The predicted molar refractivity (Wildman–Crippen MR) is 92.9 cm³/mol. The van der Waals surface area contributed by atoms with Gasteiger partial charge in [-0.05, 0) is 25.5 Å². The third-order valence-corrected chi connectivity index (χ3v) is 4.32. The first-order valence-corrected chi connectivity index (χ1v) is 7.82. The van der Waals surface area contributed by atoms with Crippen LogP contribution in [0.2, 0.25) is 5.15 Å². The first-order chi connectivity index (χ1) is 11.0. The Morgan fingerprint density at radius 3 is 2.57 bits per heavy atom. The van der Waals surface area contributed by atoms with Gasteiger partial charge in [0.05, 0.1) is 12.2 Å². The van der Waals surface area contributed by atoms with E-state index in [4.69, 9.17) is 11.6 Å². The molecule has 3 rings (SSSR count). The summed E-state index contributed by atoms with van der Waals surface area (Å²) < 4.78 is 3.56. The Morgan fingerprint density at radius 1 is 1.22 bits per heavy atom. The number of hydrogen-bond acceptors (Lipinski definition) is 2. The maximum atomic E-state index is 11.9. The molecule has 118 valence electrons. The Kier molecular flexibility index (Phi) is 4.09. The van der Waals surface area contributed by atoms with E-state index < -0.39 is 0 Å². The summed E-state index contributed by atoms with van der Waals surface area (Å²) in [6, 6.07) is 12.0. The van der Waals surface area contributed by atoms with E-state index in [9.17, 15) is 4.79 Å². The molecule has 5 heteroatoms. The maximum Gasteiger partial charge on any atom is 0.253 e. The van der Waals surface area contributed by atoms with Gasteiger partial charge in [-0.2, -0.15) is 0 Å². The van der Waals surface area contributed by atoms with Crippen LogP contribution in [0.1, 0.15) is 24.1 Å². The lowest BCUT2D eigenvalue weighted by Crippen LogP contribution is -2.19. The molecule has 2 heterocycles. The molecule has 0 aliphatic carbocycles. The van der Waals surface area contributed by atoms with Gasteiger partial charge in [-0.3, -0.25) is 4.79 Å². The average Bonchev–Trinajstić information content (AvgIpc) is 2.94. The van der Waals surface area contributed by atoms with Crippen LogP contribution in [0.25, 0.3) is 11.4 Å². The summed E-state index contributed by atoms with van der Waals surface area (Å²) in [4.78, 5) is 16.4. The van der Waals surface area contributed by atoms with Gasteiger partial charge in [0.25, 0.3) is 5.56 Å². The molecule has 0 fully saturated rings. The number of nitrogens with zero attached hydrogens (tertiary/aromatic N) is 3. The lowest BCUT2D eigenvalue weighted by Gasteiger charge is -2.18. The van der Waals surface area contributed by atoms with Crippen LogP contribution in [0, 0.1) is 6.92 Å². The Hall–Kier alpha value is -2.33. The molecule has 0 saturated heterocycles. The molecule has 0 aliphatic heterocycles. The van der Waals surface area contributed by atoms with Crippen LogP contribution >= 0.6 is 11.6 Å². The largest absolute Gasteiger partial charge is 0.318 e. The minimum absolute atomic E-state index is 0.00550. The summed E-state index contributed by atoms with van der Waals surface area (Å²) in [5, 5.41) is 0.572. The van der Waals surface area contributed by atoms with Crippen LogP contribution in [0.15, 0.2) is 53.6 Å². The number of imidazole rings is 1. The van der Waals surface area contributed by atoms with Crippen LogP contribution in [0.3, 0.4) is 0 Å². The van der Waals surface area contributed by atoms with Crippen molar-refractivity contribution in [3.63, 3.8) is 0 Å². The Labute approximate surface area is 140 Å². The maximum absolute atomic E-state index is 11.9. The third kappa shape index (κ3) is 2.82. The summed E-state index contributed by atoms with van der Waals surface area (Å²) in [6.07, 6.45) is 3.44. The zero-order valence-electron chi connectivity index (χ0n) is 13.3. The Bertz CT molecular complexity index is 870. The van der Waals surface area contributed by atoms with E-state index in [1.807, 2.05) is 28.8 Å². The summed E-state index contributed by atoms with van der Waals surface area (Å²) in [6.45, 7) is 3.89. The highest BCUT2D eigenvalue weighted by atomic mass is 35.5. The second kappa shape index (κ2) is 6.05. The van der Waals surface area contributed by atoms with Crippen molar-refractivity contribution in [1.29, 1.82) is 0 Å². The fourth-order valence-corrected chi connectivity index (χ4v) is 3.08. The van der Waals surface area contributed by atoms with Crippen LogP contribution in [0.4, 0.5) is 0 Å². The van der Waals surface area contributed by atoms with Gasteiger partial charge < -0.3 is 9.13 Å². The molecule has 4 nitrogen and oxygen atoms in total. The monoisotopic (exact) mass is 327 g/mol. The molecule has 0 amide bonds. The first-order valence-electron chi connectivity index (χ1n) is 7.44. The summed E-state index contributed by atoms with van der Waals surface area (Å²) in [5.41, 5.74) is 2.70. The molecule has 23 heavy (non-hydrogen) atoms.